The number of amides is 1. The van der Waals surface area contributed by atoms with Crippen LogP contribution < -0.4 is 0 Å². The van der Waals surface area contributed by atoms with Gasteiger partial charge in [0.1, 0.15) is 5.60 Å². The summed E-state index contributed by atoms with van der Waals surface area (Å²) in [7, 11) is 0. The highest BCUT2D eigenvalue weighted by Gasteiger charge is 2.43. The molecule has 2 atom stereocenters. The van der Waals surface area contributed by atoms with Crippen LogP contribution in [0.15, 0.2) is 24.4 Å². The van der Waals surface area contributed by atoms with Crippen LogP contribution in [0.3, 0.4) is 0 Å². The van der Waals surface area contributed by atoms with E-state index in [4.69, 9.17) is 4.74 Å². The first-order valence-electron chi connectivity index (χ1n) is 8.31. The molecule has 3 rings (SSSR count). The van der Waals surface area contributed by atoms with Crippen molar-refractivity contribution >= 4 is 11.7 Å². The van der Waals surface area contributed by atoms with Crippen LogP contribution >= 0.6 is 0 Å². The molecule has 0 aromatic carbocycles. The highest BCUT2D eigenvalue weighted by molar-refractivity contribution is 5.75. The number of carbonyl (C=O) groups excluding carboxylic acids is 1. The predicted molar refractivity (Wildman–Crippen MR) is 86.7 cm³/mol. The smallest absolute Gasteiger partial charge is 0.418 e. The molecule has 0 radical (unpaired) electrons. The van der Waals surface area contributed by atoms with Gasteiger partial charge in [-0.25, -0.2) is 4.79 Å². The number of fused-ring (bicyclic) bond motifs is 2. The molecular weight excluding hydrogens is 333 g/mol. The van der Waals surface area contributed by atoms with Gasteiger partial charge in [-0.05, 0) is 57.7 Å². The minimum Gasteiger partial charge on any atom is -0.444 e. The fraction of sp³-hybridized carbons (Fsp3) is 0.556. The average Bonchev–Trinajstić information content (AvgIpc) is 2.75. The lowest BCUT2D eigenvalue weighted by Crippen LogP contribution is -2.45. The summed E-state index contributed by atoms with van der Waals surface area (Å²) >= 11 is 0. The van der Waals surface area contributed by atoms with Crippen LogP contribution in [0, 0.1) is 0 Å². The zero-order valence-corrected chi connectivity index (χ0v) is 14.4. The van der Waals surface area contributed by atoms with Crippen molar-refractivity contribution in [3.63, 3.8) is 0 Å². The molecule has 0 aliphatic carbocycles. The molecule has 1 fully saturated rings. The highest BCUT2D eigenvalue weighted by Crippen LogP contribution is 2.42. The summed E-state index contributed by atoms with van der Waals surface area (Å²) in [5.74, 6) is 0. The van der Waals surface area contributed by atoms with Crippen molar-refractivity contribution in [1.82, 2.24) is 9.88 Å². The van der Waals surface area contributed by atoms with Gasteiger partial charge in [-0.3, -0.25) is 9.88 Å². The van der Waals surface area contributed by atoms with E-state index in [2.05, 4.69) is 4.98 Å². The Kier molecular flexibility index (Phi) is 4.29. The van der Waals surface area contributed by atoms with Crippen LogP contribution in [0.1, 0.15) is 51.3 Å². The molecule has 0 N–H and O–H groups in total. The number of aromatic nitrogens is 1. The third-order valence-electron chi connectivity index (χ3n) is 4.42. The molecule has 136 valence electrons. The summed E-state index contributed by atoms with van der Waals surface area (Å²) in [4.78, 5) is 18.1. The van der Waals surface area contributed by atoms with Crippen LogP contribution in [0.25, 0.3) is 5.57 Å². The lowest BCUT2D eigenvalue weighted by Gasteiger charge is -2.35. The van der Waals surface area contributed by atoms with Crippen LogP contribution in [-0.2, 0) is 10.9 Å². The molecule has 25 heavy (non-hydrogen) atoms. The maximum absolute atomic E-state index is 13.3. The number of hydrogen-bond acceptors (Lipinski definition) is 3. The van der Waals surface area contributed by atoms with Crippen LogP contribution in [-0.4, -0.2) is 33.7 Å². The second-order valence-corrected chi connectivity index (χ2v) is 7.48. The number of ether oxygens (including phenoxy) is 1. The van der Waals surface area contributed by atoms with Crippen molar-refractivity contribution in [2.75, 3.05) is 0 Å². The van der Waals surface area contributed by atoms with Gasteiger partial charge in [0.15, 0.2) is 0 Å². The summed E-state index contributed by atoms with van der Waals surface area (Å²) in [5.41, 5.74) is -0.812. The van der Waals surface area contributed by atoms with E-state index in [0.29, 0.717) is 12.0 Å². The number of carbonyl (C=O) groups is 1. The Labute approximate surface area is 144 Å². The van der Waals surface area contributed by atoms with E-state index in [9.17, 15) is 18.0 Å². The molecule has 0 spiro atoms. The molecule has 1 aromatic rings. The van der Waals surface area contributed by atoms with Crippen LogP contribution in [0.2, 0.25) is 0 Å². The number of rotatable bonds is 1. The Balaban J connectivity index is 1.90. The van der Waals surface area contributed by atoms with Gasteiger partial charge in [0, 0.05) is 12.2 Å². The van der Waals surface area contributed by atoms with Crippen molar-refractivity contribution in [3.05, 3.63) is 35.7 Å². The molecule has 2 aliphatic heterocycles. The van der Waals surface area contributed by atoms with Crippen LogP contribution in [0.4, 0.5) is 18.0 Å². The van der Waals surface area contributed by atoms with Gasteiger partial charge < -0.3 is 4.74 Å². The second-order valence-electron chi connectivity index (χ2n) is 7.48. The standard InChI is InChI=1S/C18H21F3N2O2/c1-17(2,3)25-16(24)23-12-6-7-13(23)10-11(9-12)15-14(18(19,20)21)5-4-8-22-15/h4-5,8-9,12-13H,6-7,10H2,1-3H3. The SMILES string of the molecule is CC(C)(C)OC(=O)N1C2C=C(c3ncccc3C(F)(F)F)CC1CC2. The highest BCUT2D eigenvalue weighted by atomic mass is 19.4. The fourth-order valence-corrected chi connectivity index (χ4v) is 3.49. The number of nitrogens with zero attached hydrogens (tertiary/aromatic N) is 2. The Morgan fingerprint density at radius 2 is 2.00 bits per heavy atom. The molecule has 3 heterocycles. The van der Waals surface area contributed by atoms with Crippen molar-refractivity contribution in [2.24, 2.45) is 0 Å². The lowest BCUT2D eigenvalue weighted by atomic mass is 9.95. The molecule has 1 saturated heterocycles. The van der Waals surface area contributed by atoms with Crippen molar-refractivity contribution in [2.45, 2.75) is 63.9 Å². The molecule has 2 aliphatic rings. The summed E-state index contributed by atoms with van der Waals surface area (Å²) in [6.45, 7) is 5.38. The first-order chi connectivity index (χ1) is 11.6. The molecule has 2 unspecified atom stereocenters. The molecule has 0 saturated carbocycles. The Hall–Kier alpha value is -2.05. The number of hydrogen-bond donors (Lipinski definition) is 0. The van der Waals surface area contributed by atoms with Gasteiger partial charge in [-0.15, -0.1) is 0 Å². The molecule has 4 nitrogen and oxygen atoms in total. The number of pyridine rings is 1. The monoisotopic (exact) mass is 354 g/mol. The van der Waals surface area contributed by atoms with E-state index in [1.807, 2.05) is 0 Å². The summed E-state index contributed by atoms with van der Waals surface area (Å²) in [6.07, 6.45) is 0.0761. The lowest BCUT2D eigenvalue weighted by molar-refractivity contribution is -0.138. The van der Waals surface area contributed by atoms with Gasteiger partial charge in [0.05, 0.1) is 17.3 Å². The summed E-state index contributed by atoms with van der Waals surface area (Å²) < 4.78 is 45.2. The number of halogens is 3. The zero-order valence-electron chi connectivity index (χ0n) is 14.4. The Morgan fingerprint density at radius 3 is 2.60 bits per heavy atom. The maximum atomic E-state index is 13.3. The molecule has 7 heteroatoms. The first kappa shape index (κ1) is 17.8. The van der Waals surface area contributed by atoms with Crippen molar-refractivity contribution in [1.29, 1.82) is 0 Å². The summed E-state index contributed by atoms with van der Waals surface area (Å²) in [6, 6.07) is 1.94. The van der Waals surface area contributed by atoms with Crippen molar-refractivity contribution in [3.8, 4) is 0 Å². The van der Waals surface area contributed by atoms with Crippen molar-refractivity contribution < 1.29 is 22.7 Å². The minimum atomic E-state index is -4.45. The largest absolute Gasteiger partial charge is 0.444 e. The number of alkyl halides is 3. The molecule has 1 amide bonds. The van der Waals surface area contributed by atoms with Gasteiger partial charge in [-0.1, -0.05) is 6.08 Å². The van der Waals surface area contributed by atoms with E-state index < -0.39 is 23.4 Å². The Bertz CT molecular complexity index is 707. The van der Waals surface area contributed by atoms with Gasteiger partial charge >= 0.3 is 12.3 Å². The Morgan fingerprint density at radius 1 is 1.28 bits per heavy atom. The van der Waals surface area contributed by atoms with Crippen LogP contribution in [0.5, 0.6) is 0 Å². The third kappa shape index (κ3) is 3.65. The van der Waals surface area contributed by atoms with Gasteiger partial charge in [-0.2, -0.15) is 13.2 Å². The predicted octanol–water partition coefficient (Wildman–Crippen LogP) is 4.66. The third-order valence-corrected chi connectivity index (χ3v) is 4.42. The van der Waals surface area contributed by atoms with E-state index in [0.717, 1.165) is 18.9 Å². The summed E-state index contributed by atoms with van der Waals surface area (Å²) in [5, 5.41) is 0. The molecular formula is C18H21F3N2O2. The molecule has 2 bridgehead atoms. The zero-order chi connectivity index (χ0) is 18.4. The maximum Gasteiger partial charge on any atom is 0.418 e. The first-order valence-corrected chi connectivity index (χ1v) is 8.31. The van der Waals surface area contributed by atoms with Gasteiger partial charge in [0.25, 0.3) is 0 Å². The topological polar surface area (TPSA) is 42.4 Å². The fourth-order valence-electron chi connectivity index (χ4n) is 3.49. The van der Waals surface area contributed by atoms with E-state index in [1.165, 1.54) is 12.3 Å². The van der Waals surface area contributed by atoms with E-state index in [1.54, 1.807) is 31.7 Å². The van der Waals surface area contributed by atoms with Gasteiger partial charge in [0.2, 0.25) is 0 Å². The quantitative estimate of drug-likeness (QED) is 0.737. The second kappa shape index (κ2) is 6.04. The molecule has 1 aromatic heterocycles. The van der Waals surface area contributed by atoms with E-state index in [-0.39, 0.29) is 17.8 Å². The average molecular weight is 354 g/mol. The normalized spacial score (nSPS) is 23.4. The minimum absolute atomic E-state index is 0.0317. The van der Waals surface area contributed by atoms with E-state index >= 15 is 0 Å².